The van der Waals surface area contributed by atoms with Gasteiger partial charge in [0.15, 0.2) is 0 Å². The first-order chi connectivity index (χ1) is 14.7. The summed E-state index contributed by atoms with van der Waals surface area (Å²) in [5.74, 6) is 0.0244. The van der Waals surface area contributed by atoms with E-state index in [-0.39, 0.29) is 23.7 Å². The van der Waals surface area contributed by atoms with Gasteiger partial charge in [-0.05, 0) is 24.0 Å². The van der Waals surface area contributed by atoms with Gasteiger partial charge in [0.2, 0.25) is 16.9 Å². The van der Waals surface area contributed by atoms with E-state index in [0.717, 1.165) is 11.1 Å². The maximum absolute atomic E-state index is 13.1. The van der Waals surface area contributed by atoms with Crippen molar-refractivity contribution >= 4 is 28.3 Å². The van der Waals surface area contributed by atoms with E-state index >= 15 is 0 Å². The Morgan fingerprint density at radius 2 is 1.60 bits per heavy atom. The summed E-state index contributed by atoms with van der Waals surface area (Å²) in [6.07, 6.45) is 1.76. The lowest BCUT2D eigenvalue weighted by molar-refractivity contribution is -0.134. The summed E-state index contributed by atoms with van der Waals surface area (Å²) >= 11 is 1.30. The van der Waals surface area contributed by atoms with Crippen LogP contribution in [0.4, 0.5) is 5.13 Å². The van der Waals surface area contributed by atoms with Gasteiger partial charge in [-0.25, -0.2) is 0 Å². The van der Waals surface area contributed by atoms with Gasteiger partial charge in [0, 0.05) is 31.3 Å². The highest BCUT2D eigenvalue weighted by atomic mass is 32.1. The topological polar surface area (TPSA) is 75.2 Å². The minimum atomic E-state index is -0.100. The monoisotopic (exact) mass is 420 g/mol. The molecule has 1 saturated heterocycles. The lowest BCUT2D eigenvalue weighted by Crippen LogP contribution is -2.41. The number of anilines is 1. The van der Waals surface area contributed by atoms with Gasteiger partial charge >= 0.3 is 0 Å². The molecule has 1 aliphatic heterocycles. The fraction of sp³-hybridized carbons (Fsp3) is 0.304. The average Bonchev–Trinajstić information content (AvgIpc) is 3.31. The van der Waals surface area contributed by atoms with Crippen molar-refractivity contribution in [1.82, 2.24) is 15.1 Å². The highest BCUT2D eigenvalue weighted by Crippen LogP contribution is 2.29. The first-order valence-electron chi connectivity index (χ1n) is 10.2. The molecule has 1 aliphatic rings. The third kappa shape index (κ3) is 4.91. The number of likely N-dealkylation sites (tertiary alicyclic amines) is 1. The number of hydrogen-bond acceptors (Lipinski definition) is 5. The minimum Gasteiger partial charge on any atom is -0.343 e. The van der Waals surface area contributed by atoms with Crippen molar-refractivity contribution in [3.8, 4) is 0 Å². The maximum Gasteiger partial charge on any atom is 0.229 e. The molecule has 1 fully saturated rings. The van der Waals surface area contributed by atoms with Gasteiger partial charge in [0.1, 0.15) is 5.51 Å². The third-order valence-electron chi connectivity index (χ3n) is 5.59. The number of benzene rings is 2. The first-order valence-corrected chi connectivity index (χ1v) is 11.0. The lowest BCUT2D eigenvalue weighted by atomic mass is 9.87. The second kappa shape index (κ2) is 9.63. The number of aromatic nitrogens is 2. The molecule has 154 valence electrons. The van der Waals surface area contributed by atoms with Crippen LogP contribution in [0.15, 0.2) is 66.2 Å². The van der Waals surface area contributed by atoms with Crippen molar-refractivity contribution in [3.63, 3.8) is 0 Å². The Kier molecular flexibility index (Phi) is 6.49. The van der Waals surface area contributed by atoms with Crippen molar-refractivity contribution < 1.29 is 9.59 Å². The number of nitrogens with zero attached hydrogens (tertiary/aromatic N) is 3. The van der Waals surface area contributed by atoms with Gasteiger partial charge < -0.3 is 10.2 Å². The molecule has 1 aromatic heterocycles. The van der Waals surface area contributed by atoms with Crippen LogP contribution in [0.1, 0.15) is 36.3 Å². The molecule has 0 aliphatic carbocycles. The molecule has 30 heavy (non-hydrogen) atoms. The molecule has 6 nitrogen and oxygen atoms in total. The summed E-state index contributed by atoms with van der Waals surface area (Å²) in [7, 11) is 0. The molecule has 2 aromatic carbocycles. The summed E-state index contributed by atoms with van der Waals surface area (Å²) < 4.78 is 0. The van der Waals surface area contributed by atoms with E-state index in [1.54, 1.807) is 5.51 Å². The van der Waals surface area contributed by atoms with E-state index in [2.05, 4.69) is 39.8 Å². The number of piperidine rings is 1. The third-order valence-corrected chi connectivity index (χ3v) is 6.20. The largest absolute Gasteiger partial charge is 0.343 e. The van der Waals surface area contributed by atoms with Gasteiger partial charge in [0.05, 0.1) is 0 Å². The maximum atomic E-state index is 13.1. The van der Waals surface area contributed by atoms with Gasteiger partial charge in [-0.1, -0.05) is 72.0 Å². The van der Waals surface area contributed by atoms with Gasteiger partial charge in [0.25, 0.3) is 0 Å². The average molecular weight is 421 g/mol. The zero-order valence-corrected chi connectivity index (χ0v) is 17.4. The van der Waals surface area contributed by atoms with Crippen LogP contribution in [0.2, 0.25) is 0 Å². The Labute approximate surface area is 180 Å². The zero-order valence-electron chi connectivity index (χ0n) is 16.6. The van der Waals surface area contributed by atoms with Crippen molar-refractivity contribution in [1.29, 1.82) is 0 Å². The SMILES string of the molecule is O=C(Nc1nncs1)C1CCN(C(=O)CC(c2ccccc2)c2ccccc2)CC1. The summed E-state index contributed by atoms with van der Waals surface area (Å²) in [4.78, 5) is 27.4. The smallest absolute Gasteiger partial charge is 0.229 e. The van der Waals surface area contributed by atoms with Crippen LogP contribution in [0, 0.1) is 5.92 Å². The molecule has 0 spiro atoms. The number of nitrogens with one attached hydrogen (secondary N) is 1. The van der Waals surface area contributed by atoms with Crippen LogP contribution in [0.25, 0.3) is 0 Å². The van der Waals surface area contributed by atoms with Crippen molar-refractivity contribution in [2.24, 2.45) is 5.92 Å². The van der Waals surface area contributed by atoms with E-state index in [9.17, 15) is 9.59 Å². The van der Waals surface area contributed by atoms with E-state index in [4.69, 9.17) is 0 Å². The van der Waals surface area contributed by atoms with Gasteiger partial charge in [-0.2, -0.15) is 0 Å². The number of hydrogen-bond donors (Lipinski definition) is 1. The van der Waals surface area contributed by atoms with Gasteiger partial charge in [-0.15, -0.1) is 10.2 Å². The second-order valence-corrected chi connectivity index (χ2v) is 8.30. The van der Waals surface area contributed by atoms with Crippen LogP contribution in [0.5, 0.6) is 0 Å². The van der Waals surface area contributed by atoms with Crippen molar-refractivity contribution in [2.45, 2.75) is 25.2 Å². The van der Waals surface area contributed by atoms with E-state index in [1.807, 2.05) is 41.3 Å². The second-order valence-electron chi connectivity index (χ2n) is 7.47. The van der Waals surface area contributed by atoms with Crippen molar-refractivity contribution in [2.75, 3.05) is 18.4 Å². The van der Waals surface area contributed by atoms with E-state index < -0.39 is 0 Å². The van der Waals surface area contributed by atoms with Crippen LogP contribution in [-0.2, 0) is 9.59 Å². The Morgan fingerprint density at radius 3 is 2.13 bits per heavy atom. The molecule has 2 heterocycles. The van der Waals surface area contributed by atoms with Crippen LogP contribution < -0.4 is 5.32 Å². The fourth-order valence-electron chi connectivity index (χ4n) is 3.93. The number of carbonyl (C=O) groups excluding carboxylic acids is 2. The Morgan fingerprint density at radius 1 is 1.00 bits per heavy atom. The van der Waals surface area contributed by atoms with Crippen molar-refractivity contribution in [3.05, 3.63) is 77.3 Å². The van der Waals surface area contributed by atoms with Crippen LogP contribution in [-0.4, -0.2) is 40.0 Å². The highest BCUT2D eigenvalue weighted by molar-refractivity contribution is 7.13. The number of carbonyl (C=O) groups is 2. The minimum absolute atomic E-state index is 0.0262. The molecule has 0 unspecified atom stereocenters. The molecular formula is C23H24N4O2S. The van der Waals surface area contributed by atoms with Gasteiger partial charge in [-0.3, -0.25) is 9.59 Å². The number of rotatable bonds is 6. The molecule has 2 amide bonds. The summed E-state index contributed by atoms with van der Waals surface area (Å²) in [6.45, 7) is 1.20. The molecule has 0 atom stereocenters. The predicted molar refractivity (Wildman–Crippen MR) is 117 cm³/mol. The van der Waals surface area contributed by atoms with Crippen LogP contribution >= 0.6 is 11.3 Å². The normalized spacial score (nSPS) is 14.6. The first kappa shape index (κ1) is 20.2. The summed E-state index contributed by atoms with van der Waals surface area (Å²) in [6, 6.07) is 20.3. The Bertz CT molecular complexity index is 916. The molecule has 0 radical (unpaired) electrons. The Balaban J connectivity index is 1.37. The molecule has 3 aromatic rings. The van der Waals surface area contributed by atoms with Crippen LogP contribution in [0.3, 0.4) is 0 Å². The highest BCUT2D eigenvalue weighted by Gasteiger charge is 2.29. The van der Waals surface area contributed by atoms with E-state index in [1.165, 1.54) is 11.3 Å². The summed E-state index contributed by atoms with van der Waals surface area (Å²) in [5.41, 5.74) is 3.87. The molecule has 7 heteroatoms. The quantitative estimate of drug-likeness (QED) is 0.655. The standard InChI is InChI=1S/C23H24N4O2S/c28-21(15-20(17-7-3-1-4-8-17)18-9-5-2-6-10-18)27-13-11-19(12-14-27)22(29)25-23-26-24-16-30-23/h1-10,16,19-20H,11-15H2,(H,25,26,29). The molecule has 1 N–H and O–H groups in total. The number of amides is 2. The molecule has 4 rings (SSSR count). The fourth-order valence-corrected chi connectivity index (χ4v) is 4.38. The van der Waals surface area contributed by atoms with E-state index in [0.29, 0.717) is 37.5 Å². The Hall–Kier alpha value is -3.06. The predicted octanol–water partition coefficient (Wildman–Crippen LogP) is 3.94. The summed E-state index contributed by atoms with van der Waals surface area (Å²) in [5, 5.41) is 10.9. The molecule has 0 bridgehead atoms. The molecule has 0 saturated carbocycles. The lowest BCUT2D eigenvalue weighted by Gasteiger charge is -2.32. The zero-order chi connectivity index (χ0) is 20.8. The molecular weight excluding hydrogens is 396 g/mol.